The number of carbonyl (C=O) groups excluding carboxylic acids is 2. The first-order chi connectivity index (χ1) is 15.0. The number of ether oxygens (including phenoxy) is 2. The van der Waals surface area contributed by atoms with Crippen LogP contribution < -0.4 is 44.1 Å². The fraction of sp³-hybridized carbons (Fsp3) is 0.440. The van der Waals surface area contributed by atoms with Crippen LogP contribution in [0.15, 0.2) is 30.3 Å². The fourth-order valence-corrected chi connectivity index (χ4v) is 5.08. The molecule has 1 aromatic carbocycles. The minimum atomic E-state index is -1.19. The zero-order valence-corrected chi connectivity index (χ0v) is 21.4. The van der Waals surface area contributed by atoms with Crippen molar-refractivity contribution in [3.63, 3.8) is 0 Å². The number of carboxylic acids is 1. The first-order valence-electron chi connectivity index (χ1n) is 10.7. The predicted octanol–water partition coefficient (Wildman–Crippen LogP) is 0.878. The normalized spacial score (nSPS) is 17.7. The number of carboxylic acid groups (broad SMARTS) is 1. The molecule has 2 fully saturated rings. The average molecular weight is 461 g/mol. The number of methoxy groups -OCH3 is 1. The zero-order valence-electron chi connectivity index (χ0n) is 18.6. The maximum Gasteiger partial charge on any atom is 1.00 e. The first kappa shape index (κ1) is 24.9. The van der Waals surface area contributed by atoms with Gasteiger partial charge < -0.3 is 19.4 Å². The van der Waals surface area contributed by atoms with Crippen molar-refractivity contribution in [2.75, 3.05) is 7.11 Å². The maximum absolute atomic E-state index is 12.0. The van der Waals surface area contributed by atoms with Gasteiger partial charge >= 0.3 is 29.6 Å². The molecule has 2 aliphatic carbocycles. The van der Waals surface area contributed by atoms with Crippen LogP contribution in [0.25, 0.3) is 0 Å². The van der Waals surface area contributed by atoms with E-state index in [0.29, 0.717) is 36.3 Å². The summed E-state index contributed by atoms with van der Waals surface area (Å²) in [4.78, 5) is 23.9. The van der Waals surface area contributed by atoms with Crippen molar-refractivity contribution in [3.05, 3.63) is 45.6 Å². The van der Waals surface area contributed by atoms with E-state index in [1.807, 2.05) is 18.2 Å². The SMILES string of the molecule is COc1ccc(C2(C#Cc3ccc(C(=O)[O-])s3)CCC(=O)CC2)cc1OC1CCCC1.[Na+]. The second kappa shape index (κ2) is 10.9. The molecule has 1 aromatic heterocycles. The third-order valence-corrected chi connectivity index (χ3v) is 7.19. The zero-order chi connectivity index (χ0) is 21.8. The number of benzene rings is 1. The van der Waals surface area contributed by atoms with Crippen LogP contribution in [-0.4, -0.2) is 25.0 Å². The number of Topliss-reactive ketones (excluding diaryl/α,β-unsaturated/α-hetero) is 1. The summed E-state index contributed by atoms with van der Waals surface area (Å²) in [6.45, 7) is 0. The van der Waals surface area contributed by atoms with Crippen molar-refractivity contribution in [3.8, 4) is 23.3 Å². The van der Waals surface area contributed by atoms with Gasteiger partial charge in [-0.1, -0.05) is 17.9 Å². The Bertz CT molecular complexity index is 1030. The van der Waals surface area contributed by atoms with Gasteiger partial charge in [0.1, 0.15) is 5.78 Å². The van der Waals surface area contributed by atoms with Crippen LogP contribution in [0.1, 0.15) is 71.5 Å². The van der Waals surface area contributed by atoms with E-state index in [1.165, 1.54) is 18.9 Å². The van der Waals surface area contributed by atoms with E-state index in [4.69, 9.17) is 9.47 Å². The molecular weight excluding hydrogens is 435 g/mol. The Morgan fingerprint density at radius 2 is 1.84 bits per heavy atom. The van der Waals surface area contributed by atoms with Crippen LogP contribution in [0.4, 0.5) is 0 Å². The number of thiophene rings is 1. The molecule has 2 aromatic rings. The molecular formula is C25H25NaO5S. The van der Waals surface area contributed by atoms with E-state index >= 15 is 0 Å². The molecule has 0 spiro atoms. The van der Waals surface area contributed by atoms with Crippen LogP contribution in [-0.2, 0) is 10.2 Å². The maximum atomic E-state index is 12.0. The van der Waals surface area contributed by atoms with Gasteiger partial charge in [-0.05, 0) is 68.4 Å². The number of hydrogen-bond acceptors (Lipinski definition) is 6. The van der Waals surface area contributed by atoms with Gasteiger partial charge in [0.15, 0.2) is 11.5 Å². The van der Waals surface area contributed by atoms with E-state index in [2.05, 4.69) is 11.8 Å². The van der Waals surface area contributed by atoms with Crippen LogP contribution in [0.3, 0.4) is 0 Å². The minimum Gasteiger partial charge on any atom is -0.544 e. The Morgan fingerprint density at radius 1 is 1.12 bits per heavy atom. The largest absolute Gasteiger partial charge is 1.00 e. The van der Waals surface area contributed by atoms with Gasteiger partial charge in [0.2, 0.25) is 0 Å². The number of hydrogen-bond donors (Lipinski definition) is 0. The van der Waals surface area contributed by atoms with Gasteiger partial charge in [0.25, 0.3) is 0 Å². The van der Waals surface area contributed by atoms with Gasteiger partial charge in [-0.2, -0.15) is 0 Å². The van der Waals surface area contributed by atoms with Gasteiger partial charge in [-0.15, -0.1) is 11.3 Å². The summed E-state index contributed by atoms with van der Waals surface area (Å²) in [7, 11) is 1.64. The molecule has 0 unspecified atom stereocenters. The van der Waals surface area contributed by atoms with Crippen LogP contribution in [0.2, 0.25) is 0 Å². The van der Waals surface area contributed by atoms with Crippen LogP contribution in [0.5, 0.6) is 11.5 Å². The van der Waals surface area contributed by atoms with E-state index < -0.39 is 11.4 Å². The van der Waals surface area contributed by atoms with Gasteiger partial charge in [-0.3, -0.25) is 4.79 Å². The second-order valence-electron chi connectivity index (χ2n) is 8.21. The summed E-state index contributed by atoms with van der Waals surface area (Å²) >= 11 is 1.11. The Morgan fingerprint density at radius 3 is 2.47 bits per heavy atom. The summed E-state index contributed by atoms with van der Waals surface area (Å²) in [5, 5.41) is 11.1. The molecule has 0 radical (unpaired) electrons. The van der Waals surface area contributed by atoms with E-state index in [0.717, 1.165) is 35.5 Å². The molecule has 2 saturated carbocycles. The van der Waals surface area contributed by atoms with Crippen molar-refractivity contribution in [1.82, 2.24) is 0 Å². The van der Waals surface area contributed by atoms with Crippen molar-refractivity contribution in [2.45, 2.75) is 62.9 Å². The molecule has 1 heterocycles. The molecule has 7 heteroatoms. The van der Waals surface area contributed by atoms with Gasteiger partial charge in [0.05, 0.1) is 34.4 Å². The third-order valence-electron chi connectivity index (χ3n) is 6.21. The Hall–Kier alpha value is -1.78. The minimum absolute atomic E-state index is 0. The molecule has 32 heavy (non-hydrogen) atoms. The van der Waals surface area contributed by atoms with Gasteiger partial charge in [0, 0.05) is 12.8 Å². The molecule has 4 rings (SSSR count). The third kappa shape index (κ3) is 5.58. The molecule has 0 N–H and O–H groups in total. The first-order valence-corrected chi connectivity index (χ1v) is 11.5. The molecule has 0 bridgehead atoms. The number of aromatic carboxylic acids is 1. The van der Waals surface area contributed by atoms with E-state index in [-0.39, 0.29) is 46.3 Å². The Balaban J connectivity index is 0.00000289. The van der Waals surface area contributed by atoms with E-state index in [9.17, 15) is 14.7 Å². The fourth-order valence-electron chi connectivity index (χ4n) is 4.39. The quantitative estimate of drug-likeness (QED) is 0.489. The smallest absolute Gasteiger partial charge is 0.544 e. The van der Waals surface area contributed by atoms with Gasteiger partial charge in [-0.25, -0.2) is 0 Å². The monoisotopic (exact) mass is 460 g/mol. The van der Waals surface area contributed by atoms with Crippen molar-refractivity contribution < 1.29 is 53.7 Å². The summed E-state index contributed by atoms with van der Waals surface area (Å²) < 4.78 is 11.8. The van der Waals surface area contributed by atoms with Crippen molar-refractivity contribution in [1.29, 1.82) is 0 Å². The van der Waals surface area contributed by atoms with Crippen molar-refractivity contribution in [2.24, 2.45) is 0 Å². The van der Waals surface area contributed by atoms with Crippen LogP contribution >= 0.6 is 11.3 Å². The summed E-state index contributed by atoms with van der Waals surface area (Å²) in [5.74, 6) is 7.03. The molecule has 0 atom stereocenters. The molecule has 0 saturated heterocycles. The van der Waals surface area contributed by atoms with Crippen LogP contribution in [0, 0.1) is 11.8 Å². The second-order valence-corrected chi connectivity index (χ2v) is 9.30. The number of rotatable bonds is 5. The Kier molecular flexibility index (Phi) is 8.46. The topological polar surface area (TPSA) is 75.7 Å². The van der Waals surface area contributed by atoms with E-state index in [1.54, 1.807) is 13.2 Å². The molecule has 162 valence electrons. The molecule has 2 aliphatic rings. The number of carbonyl (C=O) groups is 2. The Labute approximate surface area is 214 Å². The predicted molar refractivity (Wildman–Crippen MR) is 117 cm³/mol. The standard InChI is InChI=1S/C25H26O5S.Na/c1-29-21-8-6-17(16-22(21)30-19-4-2-3-5-19)25(13-10-18(26)11-14-25)15-12-20-7-9-23(31-20)24(27)28;/h6-9,16,19H,2-5,10-11,13-14H2,1H3,(H,27,28);/q;+1/p-1. The molecule has 5 nitrogen and oxygen atoms in total. The number of ketones is 1. The summed E-state index contributed by atoms with van der Waals surface area (Å²) in [5.41, 5.74) is 0.526. The average Bonchev–Trinajstić information content (AvgIpc) is 3.46. The molecule has 0 aliphatic heterocycles. The molecule has 0 amide bonds. The summed E-state index contributed by atoms with van der Waals surface area (Å²) in [6, 6.07) is 9.16. The summed E-state index contributed by atoms with van der Waals surface area (Å²) in [6.07, 6.45) is 6.88. The van der Waals surface area contributed by atoms with Crippen molar-refractivity contribution >= 4 is 23.1 Å².